The van der Waals surface area contributed by atoms with Crippen molar-refractivity contribution in [2.75, 3.05) is 0 Å². The van der Waals surface area contributed by atoms with E-state index in [2.05, 4.69) is 23.6 Å². The van der Waals surface area contributed by atoms with Gasteiger partial charge in [0, 0.05) is 24.7 Å². The summed E-state index contributed by atoms with van der Waals surface area (Å²) in [6.45, 7) is 4.04. The zero-order valence-electron chi connectivity index (χ0n) is 10.8. The Kier molecular flexibility index (Phi) is 3.08. The SMILES string of the molecule is CC1CCCC1NC(=O)c1ccc2c(c1)CNC2. The summed E-state index contributed by atoms with van der Waals surface area (Å²) in [5, 5.41) is 6.48. The highest BCUT2D eigenvalue weighted by Gasteiger charge is 2.25. The van der Waals surface area contributed by atoms with Gasteiger partial charge in [0.05, 0.1) is 0 Å². The van der Waals surface area contributed by atoms with Crippen LogP contribution < -0.4 is 10.6 Å². The van der Waals surface area contributed by atoms with E-state index < -0.39 is 0 Å². The first-order valence-electron chi connectivity index (χ1n) is 6.87. The fraction of sp³-hybridized carbons (Fsp3) is 0.533. The summed E-state index contributed by atoms with van der Waals surface area (Å²) in [6, 6.07) is 6.41. The molecule has 0 bridgehead atoms. The molecule has 3 rings (SSSR count). The normalized spacial score (nSPS) is 26.1. The maximum absolute atomic E-state index is 12.2. The smallest absolute Gasteiger partial charge is 0.251 e. The number of carbonyl (C=O) groups excluding carboxylic acids is 1. The van der Waals surface area contributed by atoms with Gasteiger partial charge >= 0.3 is 0 Å². The molecule has 96 valence electrons. The monoisotopic (exact) mass is 244 g/mol. The fourth-order valence-corrected chi connectivity index (χ4v) is 3.05. The van der Waals surface area contributed by atoms with Crippen molar-refractivity contribution in [1.82, 2.24) is 10.6 Å². The molecule has 3 nitrogen and oxygen atoms in total. The maximum atomic E-state index is 12.2. The third-order valence-electron chi connectivity index (χ3n) is 4.28. The van der Waals surface area contributed by atoms with Gasteiger partial charge in [0.1, 0.15) is 0 Å². The Balaban J connectivity index is 1.72. The van der Waals surface area contributed by atoms with Crippen LogP contribution in [0.3, 0.4) is 0 Å². The Bertz CT molecular complexity index is 470. The van der Waals surface area contributed by atoms with E-state index in [0.717, 1.165) is 25.1 Å². The molecule has 1 fully saturated rings. The van der Waals surface area contributed by atoms with Crippen LogP contribution in [-0.4, -0.2) is 11.9 Å². The van der Waals surface area contributed by atoms with E-state index in [1.807, 2.05) is 12.1 Å². The molecule has 2 aliphatic rings. The Morgan fingerprint density at radius 2 is 2.11 bits per heavy atom. The van der Waals surface area contributed by atoms with Gasteiger partial charge in [0.2, 0.25) is 0 Å². The molecule has 1 saturated carbocycles. The fourth-order valence-electron chi connectivity index (χ4n) is 3.05. The molecule has 0 radical (unpaired) electrons. The highest BCUT2D eigenvalue weighted by atomic mass is 16.1. The van der Waals surface area contributed by atoms with Gasteiger partial charge < -0.3 is 10.6 Å². The van der Waals surface area contributed by atoms with Crippen molar-refractivity contribution in [1.29, 1.82) is 0 Å². The van der Waals surface area contributed by atoms with Crippen molar-refractivity contribution in [3.05, 3.63) is 34.9 Å². The third kappa shape index (κ3) is 2.15. The minimum Gasteiger partial charge on any atom is -0.349 e. The minimum absolute atomic E-state index is 0.0865. The van der Waals surface area contributed by atoms with Gasteiger partial charge in [-0.25, -0.2) is 0 Å². The molecular weight excluding hydrogens is 224 g/mol. The predicted octanol–water partition coefficient (Wildman–Crippen LogP) is 2.21. The van der Waals surface area contributed by atoms with Gasteiger partial charge in [-0.2, -0.15) is 0 Å². The first kappa shape index (κ1) is 11.7. The summed E-state index contributed by atoms with van der Waals surface area (Å²) in [6.07, 6.45) is 3.60. The Labute approximate surface area is 108 Å². The van der Waals surface area contributed by atoms with Crippen LogP contribution in [-0.2, 0) is 13.1 Å². The van der Waals surface area contributed by atoms with Crippen molar-refractivity contribution < 1.29 is 4.79 Å². The molecule has 18 heavy (non-hydrogen) atoms. The van der Waals surface area contributed by atoms with Crippen molar-refractivity contribution in [2.45, 2.75) is 45.3 Å². The lowest BCUT2D eigenvalue weighted by atomic mass is 10.0. The molecule has 1 aromatic rings. The van der Waals surface area contributed by atoms with E-state index in [1.165, 1.54) is 24.0 Å². The summed E-state index contributed by atoms with van der Waals surface area (Å²) < 4.78 is 0. The third-order valence-corrected chi connectivity index (χ3v) is 4.28. The molecule has 1 aliphatic heterocycles. The van der Waals surface area contributed by atoms with Crippen LogP contribution in [0.15, 0.2) is 18.2 Å². The van der Waals surface area contributed by atoms with E-state index in [1.54, 1.807) is 0 Å². The van der Waals surface area contributed by atoms with Gasteiger partial charge in [-0.1, -0.05) is 19.4 Å². The van der Waals surface area contributed by atoms with E-state index >= 15 is 0 Å². The van der Waals surface area contributed by atoms with Gasteiger partial charge in [-0.3, -0.25) is 4.79 Å². The van der Waals surface area contributed by atoms with Crippen LogP contribution >= 0.6 is 0 Å². The predicted molar refractivity (Wildman–Crippen MR) is 71.3 cm³/mol. The van der Waals surface area contributed by atoms with E-state index in [4.69, 9.17) is 0 Å². The van der Waals surface area contributed by atoms with Crippen LogP contribution in [0, 0.1) is 5.92 Å². The summed E-state index contributed by atoms with van der Waals surface area (Å²) in [4.78, 5) is 12.2. The Morgan fingerprint density at radius 3 is 2.89 bits per heavy atom. The van der Waals surface area contributed by atoms with Crippen molar-refractivity contribution in [3.63, 3.8) is 0 Å². The van der Waals surface area contributed by atoms with Crippen LogP contribution in [0.5, 0.6) is 0 Å². The van der Waals surface area contributed by atoms with E-state index in [0.29, 0.717) is 12.0 Å². The Morgan fingerprint density at radius 1 is 1.28 bits per heavy atom. The number of hydrogen-bond acceptors (Lipinski definition) is 2. The highest BCUT2D eigenvalue weighted by molar-refractivity contribution is 5.94. The van der Waals surface area contributed by atoms with Crippen LogP contribution in [0.1, 0.15) is 47.7 Å². The molecule has 1 heterocycles. The first-order chi connectivity index (χ1) is 8.74. The standard InChI is InChI=1S/C15H20N2O/c1-10-3-2-4-14(10)17-15(18)11-5-6-12-8-16-9-13(12)7-11/h5-7,10,14,16H,2-4,8-9H2,1H3,(H,17,18). The summed E-state index contributed by atoms with van der Waals surface area (Å²) in [5.41, 5.74) is 3.39. The van der Waals surface area contributed by atoms with Gasteiger partial charge in [0.15, 0.2) is 0 Å². The number of rotatable bonds is 2. The molecule has 3 heteroatoms. The lowest BCUT2D eigenvalue weighted by Gasteiger charge is -2.17. The molecule has 2 atom stereocenters. The van der Waals surface area contributed by atoms with Gasteiger partial charge in [-0.05, 0) is 42.0 Å². The van der Waals surface area contributed by atoms with Crippen LogP contribution in [0.25, 0.3) is 0 Å². The average Bonchev–Trinajstić information content (AvgIpc) is 2.98. The van der Waals surface area contributed by atoms with Crippen molar-refractivity contribution in [3.8, 4) is 0 Å². The second-order valence-corrected chi connectivity index (χ2v) is 5.58. The molecular formula is C15H20N2O. The Hall–Kier alpha value is -1.35. The number of amides is 1. The molecule has 0 saturated heterocycles. The molecule has 2 unspecified atom stereocenters. The average molecular weight is 244 g/mol. The zero-order valence-corrected chi connectivity index (χ0v) is 10.8. The number of hydrogen-bond donors (Lipinski definition) is 2. The van der Waals surface area contributed by atoms with Crippen molar-refractivity contribution in [2.24, 2.45) is 5.92 Å². The van der Waals surface area contributed by atoms with Gasteiger partial charge in [0.25, 0.3) is 5.91 Å². The van der Waals surface area contributed by atoms with Crippen LogP contribution in [0.4, 0.5) is 0 Å². The number of benzene rings is 1. The first-order valence-corrected chi connectivity index (χ1v) is 6.87. The largest absolute Gasteiger partial charge is 0.349 e. The van der Waals surface area contributed by atoms with E-state index in [-0.39, 0.29) is 5.91 Å². The molecule has 1 aliphatic carbocycles. The lowest BCUT2D eigenvalue weighted by Crippen LogP contribution is -2.36. The number of nitrogens with one attached hydrogen (secondary N) is 2. The molecule has 1 amide bonds. The molecule has 0 spiro atoms. The summed E-state index contributed by atoms with van der Waals surface area (Å²) in [5.74, 6) is 0.702. The quantitative estimate of drug-likeness (QED) is 0.837. The number of carbonyl (C=O) groups is 1. The summed E-state index contributed by atoms with van der Waals surface area (Å²) >= 11 is 0. The number of fused-ring (bicyclic) bond motifs is 1. The molecule has 1 aromatic carbocycles. The second kappa shape index (κ2) is 4.73. The topological polar surface area (TPSA) is 41.1 Å². The maximum Gasteiger partial charge on any atom is 0.251 e. The van der Waals surface area contributed by atoms with Crippen LogP contribution in [0.2, 0.25) is 0 Å². The summed E-state index contributed by atoms with van der Waals surface area (Å²) in [7, 11) is 0. The lowest BCUT2D eigenvalue weighted by molar-refractivity contribution is 0.0929. The van der Waals surface area contributed by atoms with Gasteiger partial charge in [-0.15, -0.1) is 0 Å². The molecule has 0 aromatic heterocycles. The van der Waals surface area contributed by atoms with E-state index in [9.17, 15) is 4.79 Å². The van der Waals surface area contributed by atoms with Crippen molar-refractivity contribution >= 4 is 5.91 Å². The highest BCUT2D eigenvalue weighted by Crippen LogP contribution is 2.25. The zero-order chi connectivity index (χ0) is 12.5. The molecule has 2 N–H and O–H groups in total. The second-order valence-electron chi connectivity index (χ2n) is 5.58. The minimum atomic E-state index is 0.0865.